The van der Waals surface area contributed by atoms with Crippen LogP contribution in [0.2, 0.25) is 5.02 Å². The van der Waals surface area contributed by atoms with Gasteiger partial charge in [0, 0.05) is 16.0 Å². The lowest BCUT2D eigenvalue weighted by Gasteiger charge is -2.27. The Kier molecular flexibility index (Phi) is 7.52. The molecule has 0 aliphatic carbocycles. The number of benzene rings is 1. The molecule has 9 nitrogen and oxygen atoms in total. The number of halogens is 1. The van der Waals surface area contributed by atoms with Gasteiger partial charge in [0.25, 0.3) is 0 Å². The van der Waals surface area contributed by atoms with Gasteiger partial charge in [-0.2, -0.15) is 0 Å². The fourth-order valence-electron chi connectivity index (χ4n) is 3.50. The number of hydrogen-bond donors (Lipinski definition) is 2. The number of urea groups is 1. The van der Waals surface area contributed by atoms with Crippen molar-refractivity contribution < 1.29 is 28.3 Å². The van der Waals surface area contributed by atoms with Gasteiger partial charge >= 0.3 is 18.0 Å². The molecule has 0 bridgehead atoms. The van der Waals surface area contributed by atoms with Crippen molar-refractivity contribution in [2.75, 3.05) is 13.2 Å². The van der Waals surface area contributed by atoms with Crippen molar-refractivity contribution >= 4 is 40.9 Å². The van der Waals surface area contributed by atoms with Crippen LogP contribution in [0, 0.1) is 6.92 Å². The van der Waals surface area contributed by atoms with Crippen molar-refractivity contribution in [3.8, 4) is 10.6 Å². The molecule has 0 fully saturated rings. The molecular formula is C24H22ClN3O6S. The number of amides is 2. The third kappa shape index (κ3) is 5.90. The molecule has 11 heteroatoms. The second kappa shape index (κ2) is 10.7. The number of hydrogen-bond acceptors (Lipinski definition) is 8. The largest absolute Gasteiger partial charge is 0.464 e. The Morgan fingerprint density at radius 3 is 2.77 bits per heavy atom. The van der Waals surface area contributed by atoms with Crippen molar-refractivity contribution in [2.24, 2.45) is 0 Å². The first kappa shape index (κ1) is 24.5. The second-order valence-electron chi connectivity index (χ2n) is 7.58. The van der Waals surface area contributed by atoms with Crippen molar-refractivity contribution in [2.45, 2.75) is 26.3 Å². The maximum absolute atomic E-state index is 12.7. The minimum absolute atomic E-state index is 0.0773. The molecule has 2 N–H and O–H groups in total. The highest BCUT2D eigenvalue weighted by Gasteiger charge is 2.36. The highest BCUT2D eigenvalue weighted by atomic mass is 35.5. The second-order valence-corrected chi connectivity index (χ2v) is 8.88. The zero-order valence-corrected chi connectivity index (χ0v) is 20.5. The Morgan fingerprint density at radius 1 is 1.23 bits per heavy atom. The van der Waals surface area contributed by atoms with E-state index in [9.17, 15) is 14.4 Å². The number of rotatable bonds is 8. The van der Waals surface area contributed by atoms with E-state index in [2.05, 4.69) is 15.6 Å². The quantitative estimate of drug-likeness (QED) is 0.428. The molecule has 1 aliphatic heterocycles. The Balaban J connectivity index is 1.49. The van der Waals surface area contributed by atoms with Gasteiger partial charge in [0.15, 0.2) is 0 Å². The van der Waals surface area contributed by atoms with Crippen molar-refractivity contribution in [3.05, 3.63) is 75.3 Å². The number of nitrogens with zero attached hydrogens (tertiary/aromatic N) is 1. The van der Waals surface area contributed by atoms with E-state index < -0.39 is 24.0 Å². The average molecular weight is 516 g/mol. The van der Waals surface area contributed by atoms with E-state index in [1.54, 1.807) is 43.5 Å². The van der Waals surface area contributed by atoms with Crippen LogP contribution in [0.3, 0.4) is 0 Å². The Morgan fingerprint density at radius 2 is 2.06 bits per heavy atom. The van der Waals surface area contributed by atoms with Gasteiger partial charge in [-0.3, -0.25) is 4.79 Å². The number of carbonyl (C=O) groups is 3. The van der Waals surface area contributed by atoms with Gasteiger partial charge in [0.05, 0.1) is 30.0 Å². The number of aryl methyl sites for hydroxylation is 1. The highest BCUT2D eigenvalue weighted by molar-refractivity contribution is 7.13. The monoisotopic (exact) mass is 515 g/mol. The first-order chi connectivity index (χ1) is 16.8. The molecule has 2 amide bonds. The molecule has 35 heavy (non-hydrogen) atoms. The molecule has 0 radical (unpaired) electrons. The summed E-state index contributed by atoms with van der Waals surface area (Å²) in [6.07, 6.45) is -0.0773. The predicted octanol–water partition coefficient (Wildman–Crippen LogP) is 4.32. The standard InChI is InChI=1S/C24H22ClN3O6S/c1-3-32-23(30)20-17(27-24(31)28-21(20)18-8-7-13(2)34-18)11-33-19(29)10-16-12-35-22(26-16)14-5-4-6-15(25)9-14/h4-9,12,21H,3,10-11H2,1-2H3,(H2,27,28,31). The van der Waals surface area contributed by atoms with Crippen molar-refractivity contribution in [3.63, 3.8) is 0 Å². The lowest BCUT2D eigenvalue weighted by atomic mass is 10.0. The lowest BCUT2D eigenvalue weighted by molar-refractivity contribution is -0.143. The minimum atomic E-state index is -0.885. The molecule has 1 aromatic carbocycles. The van der Waals surface area contributed by atoms with Gasteiger partial charge in [-0.1, -0.05) is 23.7 Å². The van der Waals surface area contributed by atoms with Crippen molar-refractivity contribution in [1.29, 1.82) is 0 Å². The number of esters is 2. The number of furan rings is 1. The summed E-state index contributed by atoms with van der Waals surface area (Å²) < 4.78 is 16.2. The summed E-state index contributed by atoms with van der Waals surface area (Å²) in [5.74, 6) is -0.248. The Bertz CT molecular complexity index is 1300. The summed E-state index contributed by atoms with van der Waals surface area (Å²) in [6, 6.07) is 9.21. The molecule has 1 aliphatic rings. The molecule has 1 atom stereocenters. The zero-order chi connectivity index (χ0) is 24.9. The summed E-state index contributed by atoms with van der Waals surface area (Å²) in [5, 5.41) is 8.29. The predicted molar refractivity (Wildman–Crippen MR) is 129 cm³/mol. The molecule has 2 aromatic heterocycles. The van der Waals surface area contributed by atoms with Crippen LogP contribution in [-0.4, -0.2) is 36.2 Å². The van der Waals surface area contributed by atoms with Gasteiger partial charge in [-0.05, 0) is 38.1 Å². The van der Waals surface area contributed by atoms with E-state index >= 15 is 0 Å². The van der Waals surface area contributed by atoms with E-state index in [1.165, 1.54) is 11.3 Å². The van der Waals surface area contributed by atoms with Crippen LogP contribution in [-0.2, 0) is 25.5 Å². The summed E-state index contributed by atoms with van der Waals surface area (Å²) in [4.78, 5) is 42.0. The fourth-order valence-corrected chi connectivity index (χ4v) is 4.50. The van der Waals surface area contributed by atoms with Gasteiger partial charge in [0.2, 0.25) is 0 Å². The minimum Gasteiger partial charge on any atom is -0.464 e. The number of carbonyl (C=O) groups excluding carboxylic acids is 3. The molecule has 0 saturated carbocycles. The van der Waals surface area contributed by atoms with Crippen LogP contribution in [0.1, 0.15) is 30.2 Å². The average Bonchev–Trinajstić information content (AvgIpc) is 3.46. The van der Waals surface area contributed by atoms with Crippen LogP contribution in [0.25, 0.3) is 10.6 Å². The van der Waals surface area contributed by atoms with E-state index in [-0.39, 0.29) is 30.9 Å². The molecule has 1 unspecified atom stereocenters. The van der Waals surface area contributed by atoms with E-state index in [4.69, 9.17) is 25.5 Å². The van der Waals surface area contributed by atoms with Crippen molar-refractivity contribution in [1.82, 2.24) is 15.6 Å². The third-order valence-electron chi connectivity index (χ3n) is 5.02. The van der Waals surface area contributed by atoms with Gasteiger partial charge in [-0.25, -0.2) is 14.6 Å². The molecule has 0 saturated heterocycles. The fraction of sp³-hybridized carbons (Fsp3) is 0.250. The normalized spacial score (nSPS) is 15.4. The lowest BCUT2D eigenvalue weighted by Crippen LogP contribution is -2.47. The third-order valence-corrected chi connectivity index (χ3v) is 6.20. The number of nitrogens with one attached hydrogen (secondary N) is 2. The summed E-state index contributed by atoms with van der Waals surface area (Å²) >= 11 is 7.43. The first-order valence-corrected chi connectivity index (χ1v) is 12.0. The van der Waals surface area contributed by atoms with Crippen LogP contribution in [0.5, 0.6) is 0 Å². The van der Waals surface area contributed by atoms with E-state index in [0.29, 0.717) is 22.2 Å². The molecule has 3 heterocycles. The number of thiazole rings is 1. The maximum Gasteiger partial charge on any atom is 0.338 e. The molecular weight excluding hydrogens is 494 g/mol. The van der Waals surface area contributed by atoms with Crippen LogP contribution in [0.15, 0.2) is 57.5 Å². The van der Waals surface area contributed by atoms with Gasteiger partial charge in [-0.15, -0.1) is 11.3 Å². The molecule has 4 rings (SSSR count). The molecule has 3 aromatic rings. The summed E-state index contributed by atoms with van der Waals surface area (Å²) in [6.45, 7) is 3.22. The van der Waals surface area contributed by atoms with Crippen LogP contribution < -0.4 is 10.6 Å². The maximum atomic E-state index is 12.7. The number of ether oxygens (including phenoxy) is 2. The topological polar surface area (TPSA) is 120 Å². The Hall–Kier alpha value is -3.63. The van der Waals surface area contributed by atoms with Gasteiger partial charge < -0.3 is 24.5 Å². The first-order valence-electron chi connectivity index (χ1n) is 10.7. The van der Waals surface area contributed by atoms with Crippen LogP contribution >= 0.6 is 22.9 Å². The molecule has 182 valence electrons. The zero-order valence-electron chi connectivity index (χ0n) is 18.9. The highest BCUT2D eigenvalue weighted by Crippen LogP contribution is 2.29. The summed E-state index contributed by atoms with van der Waals surface area (Å²) in [5.41, 5.74) is 1.61. The smallest absolute Gasteiger partial charge is 0.338 e. The number of aromatic nitrogens is 1. The molecule has 0 spiro atoms. The van der Waals surface area contributed by atoms with Gasteiger partial charge in [0.1, 0.15) is 29.2 Å². The van der Waals surface area contributed by atoms with Crippen LogP contribution in [0.4, 0.5) is 4.79 Å². The van der Waals surface area contributed by atoms with E-state index in [1.807, 2.05) is 12.1 Å². The van der Waals surface area contributed by atoms with E-state index in [0.717, 1.165) is 10.6 Å². The summed E-state index contributed by atoms with van der Waals surface area (Å²) in [7, 11) is 0. The Labute approximate surface area is 210 Å². The SMILES string of the molecule is CCOC(=O)C1=C(COC(=O)Cc2csc(-c3cccc(Cl)c3)n2)NC(=O)NC1c1ccc(C)o1.